The first-order valence-corrected chi connectivity index (χ1v) is 5.51. The Morgan fingerprint density at radius 3 is 2.94 bits per heavy atom. The van der Waals surface area contributed by atoms with Crippen LogP contribution in [0.2, 0.25) is 5.02 Å². The van der Waals surface area contributed by atoms with Gasteiger partial charge in [-0.2, -0.15) is 0 Å². The molecule has 0 aliphatic heterocycles. The van der Waals surface area contributed by atoms with Gasteiger partial charge in [0.2, 0.25) is 5.91 Å². The summed E-state index contributed by atoms with van der Waals surface area (Å²) in [6.07, 6.45) is 2.05. The lowest BCUT2D eigenvalue weighted by molar-refractivity contribution is -0.120. The summed E-state index contributed by atoms with van der Waals surface area (Å²) in [5, 5.41) is 6.26. The predicted molar refractivity (Wildman–Crippen MR) is 63.6 cm³/mol. The fourth-order valence-electron chi connectivity index (χ4n) is 1.09. The quantitative estimate of drug-likeness (QED) is 0.766. The average molecular weight is 243 g/mol. The number of hydrogen-bond donors (Lipinski definition) is 2. The van der Waals surface area contributed by atoms with E-state index in [1.165, 1.54) is 0 Å². The molecule has 0 bridgehead atoms. The van der Waals surface area contributed by atoms with Gasteiger partial charge in [0, 0.05) is 19.5 Å². The maximum Gasteiger partial charge on any atom is 0.219 e. The minimum Gasteiger partial charge on any atom is -0.367 e. The Balaban J connectivity index is 2.37. The molecule has 0 spiro atoms. The van der Waals surface area contributed by atoms with Crippen LogP contribution in [0.1, 0.15) is 19.2 Å². The van der Waals surface area contributed by atoms with Gasteiger partial charge in [0.1, 0.15) is 16.7 Å². The number of hydrogen-bond acceptors (Lipinski definition) is 4. The van der Waals surface area contributed by atoms with Gasteiger partial charge in [0.15, 0.2) is 0 Å². The van der Waals surface area contributed by atoms with Crippen molar-refractivity contribution in [3.8, 4) is 0 Å². The first-order chi connectivity index (χ1) is 7.63. The number of aromatic nitrogens is 2. The molecular formula is C10H15ClN4O. The van der Waals surface area contributed by atoms with Crippen molar-refractivity contribution in [2.24, 2.45) is 0 Å². The van der Waals surface area contributed by atoms with Crippen molar-refractivity contribution < 1.29 is 4.79 Å². The van der Waals surface area contributed by atoms with Crippen LogP contribution in [0.15, 0.2) is 6.20 Å². The molecule has 0 saturated carbocycles. The summed E-state index contributed by atoms with van der Waals surface area (Å²) in [4.78, 5) is 19.1. The zero-order valence-electron chi connectivity index (χ0n) is 9.38. The van der Waals surface area contributed by atoms with Crippen LogP contribution in [-0.2, 0) is 4.79 Å². The summed E-state index contributed by atoms with van der Waals surface area (Å²) in [7, 11) is 0. The van der Waals surface area contributed by atoms with Crippen LogP contribution < -0.4 is 10.6 Å². The molecule has 0 radical (unpaired) electrons. The van der Waals surface area contributed by atoms with E-state index in [0.29, 0.717) is 36.2 Å². The van der Waals surface area contributed by atoms with E-state index in [9.17, 15) is 4.79 Å². The van der Waals surface area contributed by atoms with Gasteiger partial charge in [-0.25, -0.2) is 9.97 Å². The van der Waals surface area contributed by atoms with Crippen molar-refractivity contribution in [2.45, 2.75) is 20.3 Å². The van der Waals surface area contributed by atoms with Gasteiger partial charge in [-0.05, 0) is 6.92 Å². The second-order valence-electron chi connectivity index (χ2n) is 3.24. The number of halogens is 1. The number of nitrogens with one attached hydrogen (secondary N) is 2. The highest BCUT2D eigenvalue weighted by Crippen LogP contribution is 2.16. The normalized spacial score (nSPS) is 9.94. The van der Waals surface area contributed by atoms with E-state index in [1.807, 2.05) is 6.92 Å². The zero-order valence-corrected chi connectivity index (χ0v) is 10.1. The topological polar surface area (TPSA) is 66.9 Å². The Morgan fingerprint density at radius 1 is 1.50 bits per heavy atom. The highest BCUT2D eigenvalue weighted by Gasteiger charge is 2.02. The number of aryl methyl sites for hydroxylation is 1. The second kappa shape index (κ2) is 6.27. The van der Waals surface area contributed by atoms with Crippen molar-refractivity contribution in [3.05, 3.63) is 17.0 Å². The SMILES string of the molecule is CCC(=O)NCCNc1nc(C)ncc1Cl. The van der Waals surface area contributed by atoms with Gasteiger partial charge in [0.25, 0.3) is 0 Å². The largest absolute Gasteiger partial charge is 0.367 e. The summed E-state index contributed by atoms with van der Waals surface area (Å²) in [5.74, 6) is 1.29. The second-order valence-corrected chi connectivity index (χ2v) is 3.65. The molecule has 2 N–H and O–H groups in total. The van der Waals surface area contributed by atoms with Crippen LogP contribution in [0, 0.1) is 6.92 Å². The fourth-order valence-corrected chi connectivity index (χ4v) is 1.24. The molecule has 0 aliphatic rings. The highest BCUT2D eigenvalue weighted by molar-refractivity contribution is 6.32. The summed E-state index contributed by atoms with van der Waals surface area (Å²) in [6.45, 7) is 4.74. The first kappa shape index (κ1) is 12.7. The molecule has 5 nitrogen and oxygen atoms in total. The van der Waals surface area contributed by atoms with Crippen molar-refractivity contribution in [3.63, 3.8) is 0 Å². The number of rotatable bonds is 5. The van der Waals surface area contributed by atoms with Crippen LogP contribution in [0.5, 0.6) is 0 Å². The van der Waals surface area contributed by atoms with Gasteiger partial charge >= 0.3 is 0 Å². The maximum absolute atomic E-state index is 11.0. The van der Waals surface area contributed by atoms with E-state index in [0.717, 1.165) is 0 Å². The van der Waals surface area contributed by atoms with E-state index in [4.69, 9.17) is 11.6 Å². The molecule has 0 fully saturated rings. The van der Waals surface area contributed by atoms with Crippen LogP contribution in [-0.4, -0.2) is 29.0 Å². The standard InChI is InChI=1S/C10H15ClN4O/c1-3-9(16)12-4-5-13-10-8(11)6-14-7(2)15-10/h6H,3-5H2,1-2H3,(H,12,16)(H,13,14,15). The van der Waals surface area contributed by atoms with Gasteiger partial charge in [0.05, 0.1) is 6.20 Å². The molecule has 0 atom stereocenters. The lowest BCUT2D eigenvalue weighted by Gasteiger charge is -2.08. The van der Waals surface area contributed by atoms with E-state index < -0.39 is 0 Å². The van der Waals surface area contributed by atoms with Gasteiger partial charge in [-0.1, -0.05) is 18.5 Å². The molecule has 16 heavy (non-hydrogen) atoms. The lowest BCUT2D eigenvalue weighted by atomic mass is 10.4. The monoisotopic (exact) mass is 242 g/mol. The van der Waals surface area contributed by atoms with Crippen molar-refractivity contribution >= 4 is 23.3 Å². The van der Waals surface area contributed by atoms with Crippen LogP contribution in [0.3, 0.4) is 0 Å². The third-order valence-electron chi connectivity index (χ3n) is 1.93. The Hall–Kier alpha value is -1.36. The fraction of sp³-hybridized carbons (Fsp3) is 0.500. The number of carbonyl (C=O) groups excluding carboxylic acids is 1. The van der Waals surface area contributed by atoms with Gasteiger partial charge < -0.3 is 10.6 Å². The molecule has 0 aliphatic carbocycles. The molecule has 0 unspecified atom stereocenters. The van der Waals surface area contributed by atoms with Gasteiger partial charge in [-0.3, -0.25) is 4.79 Å². The summed E-state index contributed by atoms with van der Waals surface area (Å²) >= 11 is 5.89. The van der Waals surface area contributed by atoms with E-state index in [-0.39, 0.29) is 5.91 Å². The molecular weight excluding hydrogens is 228 g/mol. The average Bonchev–Trinajstić information content (AvgIpc) is 2.28. The number of nitrogens with zero attached hydrogens (tertiary/aromatic N) is 2. The molecule has 6 heteroatoms. The van der Waals surface area contributed by atoms with Crippen LogP contribution >= 0.6 is 11.6 Å². The van der Waals surface area contributed by atoms with Crippen molar-refractivity contribution in [1.82, 2.24) is 15.3 Å². The highest BCUT2D eigenvalue weighted by atomic mass is 35.5. The molecule has 1 aromatic heterocycles. The Kier molecular flexibility index (Phi) is 4.98. The molecule has 88 valence electrons. The predicted octanol–water partition coefficient (Wildman–Crippen LogP) is 1.38. The third-order valence-corrected chi connectivity index (χ3v) is 2.20. The first-order valence-electron chi connectivity index (χ1n) is 5.13. The van der Waals surface area contributed by atoms with Crippen molar-refractivity contribution in [2.75, 3.05) is 18.4 Å². The Morgan fingerprint density at radius 2 is 2.25 bits per heavy atom. The van der Waals surface area contributed by atoms with Crippen molar-refractivity contribution in [1.29, 1.82) is 0 Å². The third kappa shape index (κ3) is 4.02. The molecule has 1 rings (SSSR count). The number of carbonyl (C=O) groups is 1. The van der Waals surface area contributed by atoms with E-state index in [2.05, 4.69) is 20.6 Å². The Bertz CT molecular complexity index is 370. The van der Waals surface area contributed by atoms with Crippen LogP contribution in [0.4, 0.5) is 5.82 Å². The van der Waals surface area contributed by atoms with Crippen LogP contribution in [0.25, 0.3) is 0 Å². The maximum atomic E-state index is 11.0. The van der Waals surface area contributed by atoms with E-state index in [1.54, 1.807) is 13.1 Å². The minimum atomic E-state index is 0.0340. The van der Waals surface area contributed by atoms with E-state index >= 15 is 0 Å². The summed E-state index contributed by atoms with van der Waals surface area (Å²) in [5.41, 5.74) is 0. The van der Waals surface area contributed by atoms with Gasteiger partial charge in [-0.15, -0.1) is 0 Å². The number of anilines is 1. The summed E-state index contributed by atoms with van der Waals surface area (Å²) < 4.78 is 0. The number of amides is 1. The molecule has 1 aromatic rings. The molecule has 1 heterocycles. The molecule has 0 aromatic carbocycles. The minimum absolute atomic E-state index is 0.0340. The summed E-state index contributed by atoms with van der Waals surface area (Å²) in [6, 6.07) is 0. The smallest absolute Gasteiger partial charge is 0.219 e. The Labute approximate surface area is 99.6 Å². The lowest BCUT2D eigenvalue weighted by Crippen LogP contribution is -2.28. The molecule has 1 amide bonds. The molecule has 0 saturated heterocycles. The zero-order chi connectivity index (χ0) is 12.0.